The summed E-state index contributed by atoms with van der Waals surface area (Å²) in [7, 11) is 2.00. The Bertz CT molecular complexity index is 770. The number of aliphatic carboxylic acids is 1. The predicted molar refractivity (Wildman–Crippen MR) is 76.5 cm³/mol. The maximum absolute atomic E-state index is 10.6. The van der Waals surface area contributed by atoms with Crippen molar-refractivity contribution in [2.24, 2.45) is 7.05 Å². The number of aromatic nitrogens is 3. The SMILES string of the molecule is Cn1cc(-c2cc(CCC(=O)O)[nH]n2)c2ccccc21. The molecule has 0 aliphatic rings. The van der Waals surface area contributed by atoms with Gasteiger partial charge in [-0.3, -0.25) is 9.89 Å². The number of carboxylic acid groups (broad SMARTS) is 1. The highest BCUT2D eigenvalue weighted by Crippen LogP contribution is 2.29. The second kappa shape index (κ2) is 4.85. The van der Waals surface area contributed by atoms with Gasteiger partial charge in [-0.25, -0.2) is 0 Å². The number of benzene rings is 1. The number of rotatable bonds is 4. The Balaban J connectivity index is 1.97. The van der Waals surface area contributed by atoms with Gasteiger partial charge in [0.1, 0.15) is 0 Å². The molecule has 0 aliphatic carbocycles. The standard InChI is InChI=1S/C15H15N3O2/c1-18-9-12(11-4-2-3-5-14(11)18)13-8-10(16-17-13)6-7-15(19)20/h2-5,8-9H,6-7H2,1H3,(H,16,17)(H,19,20). The summed E-state index contributed by atoms with van der Waals surface area (Å²) in [5.74, 6) is -0.800. The van der Waals surface area contributed by atoms with E-state index >= 15 is 0 Å². The minimum atomic E-state index is -0.800. The lowest BCUT2D eigenvalue weighted by molar-refractivity contribution is -0.136. The van der Waals surface area contributed by atoms with E-state index in [1.165, 1.54) is 0 Å². The lowest BCUT2D eigenvalue weighted by Crippen LogP contribution is -1.97. The molecule has 20 heavy (non-hydrogen) atoms. The maximum atomic E-state index is 10.6. The van der Waals surface area contributed by atoms with Crippen LogP contribution in [0, 0.1) is 0 Å². The number of hydrogen-bond acceptors (Lipinski definition) is 2. The fraction of sp³-hybridized carbons (Fsp3) is 0.200. The van der Waals surface area contributed by atoms with Crippen molar-refractivity contribution < 1.29 is 9.90 Å². The molecule has 5 heteroatoms. The molecule has 0 saturated heterocycles. The third-order valence-electron chi connectivity index (χ3n) is 3.41. The van der Waals surface area contributed by atoms with Crippen LogP contribution in [0.15, 0.2) is 36.5 Å². The summed E-state index contributed by atoms with van der Waals surface area (Å²) in [5.41, 5.74) is 3.90. The highest BCUT2D eigenvalue weighted by Gasteiger charge is 2.11. The van der Waals surface area contributed by atoms with Gasteiger partial charge in [0.25, 0.3) is 0 Å². The predicted octanol–water partition coefficient (Wildman–Crippen LogP) is 2.59. The second-order valence-electron chi connectivity index (χ2n) is 4.84. The third kappa shape index (κ3) is 2.18. The topological polar surface area (TPSA) is 70.9 Å². The van der Waals surface area contributed by atoms with Crippen LogP contribution in [-0.4, -0.2) is 25.8 Å². The molecule has 0 radical (unpaired) electrons. The van der Waals surface area contributed by atoms with Crippen LogP contribution < -0.4 is 0 Å². The molecule has 2 heterocycles. The molecule has 5 nitrogen and oxygen atoms in total. The second-order valence-corrected chi connectivity index (χ2v) is 4.84. The Morgan fingerprint density at radius 2 is 2.20 bits per heavy atom. The number of carboxylic acids is 1. The van der Waals surface area contributed by atoms with E-state index in [4.69, 9.17) is 5.11 Å². The number of H-pyrrole nitrogens is 1. The van der Waals surface area contributed by atoms with Gasteiger partial charge in [-0.2, -0.15) is 5.10 Å². The van der Waals surface area contributed by atoms with Crippen molar-refractivity contribution in [3.63, 3.8) is 0 Å². The maximum Gasteiger partial charge on any atom is 0.303 e. The van der Waals surface area contributed by atoms with Crippen molar-refractivity contribution in [2.45, 2.75) is 12.8 Å². The van der Waals surface area contributed by atoms with Crippen LogP contribution in [0.25, 0.3) is 22.2 Å². The first kappa shape index (κ1) is 12.5. The Kier molecular flexibility index (Phi) is 3.02. The van der Waals surface area contributed by atoms with Crippen molar-refractivity contribution in [1.82, 2.24) is 14.8 Å². The monoisotopic (exact) mass is 269 g/mol. The average molecular weight is 269 g/mol. The zero-order valence-corrected chi connectivity index (χ0v) is 11.1. The summed E-state index contributed by atoms with van der Waals surface area (Å²) in [6.45, 7) is 0. The van der Waals surface area contributed by atoms with Gasteiger partial charge in [0, 0.05) is 35.4 Å². The number of aryl methyl sites for hydroxylation is 2. The number of nitrogens with one attached hydrogen (secondary N) is 1. The highest BCUT2D eigenvalue weighted by atomic mass is 16.4. The summed E-state index contributed by atoms with van der Waals surface area (Å²) < 4.78 is 2.07. The minimum absolute atomic E-state index is 0.108. The molecule has 0 aliphatic heterocycles. The number of aromatic amines is 1. The number of fused-ring (bicyclic) bond motifs is 1. The van der Waals surface area contributed by atoms with Gasteiger partial charge in [0.15, 0.2) is 0 Å². The van der Waals surface area contributed by atoms with Crippen LogP contribution in [0.1, 0.15) is 12.1 Å². The summed E-state index contributed by atoms with van der Waals surface area (Å²) >= 11 is 0. The molecular weight excluding hydrogens is 254 g/mol. The van der Waals surface area contributed by atoms with Crippen LogP contribution in [0.2, 0.25) is 0 Å². The molecule has 0 spiro atoms. The van der Waals surface area contributed by atoms with E-state index in [9.17, 15) is 4.79 Å². The van der Waals surface area contributed by atoms with Crippen LogP contribution in [0.3, 0.4) is 0 Å². The zero-order chi connectivity index (χ0) is 14.1. The van der Waals surface area contributed by atoms with Crippen LogP contribution in [0.4, 0.5) is 0 Å². The number of nitrogens with zero attached hydrogens (tertiary/aromatic N) is 2. The number of carbonyl (C=O) groups is 1. The molecule has 0 bridgehead atoms. The van der Waals surface area contributed by atoms with Crippen molar-refractivity contribution >= 4 is 16.9 Å². The highest BCUT2D eigenvalue weighted by molar-refractivity contribution is 5.95. The Morgan fingerprint density at radius 3 is 3.00 bits per heavy atom. The lowest BCUT2D eigenvalue weighted by Gasteiger charge is -1.93. The van der Waals surface area contributed by atoms with E-state index in [0.29, 0.717) is 6.42 Å². The summed E-state index contributed by atoms with van der Waals surface area (Å²) in [5, 5.41) is 17.1. The first-order chi connectivity index (χ1) is 9.65. The van der Waals surface area contributed by atoms with E-state index in [1.54, 1.807) is 0 Å². The fourth-order valence-corrected chi connectivity index (χ4v) is 2.42. The number of hydrogen-bond donors (Lipinski definition) is 2. The molecular formula is C15H15N3O2. The van der Waals surface area contributed by atoms with Crippen molar-refractivity contribution in [3.05, 3.63) is 42.2 Å². The average Bonchev–Trinajstić information content (AvgIpc) is 3.02. The molecule has 1 aromatic carbocycles. The first-order valence-corrected chi connectivity index (χ1v) is 6.45. The van der Waals surface area contributed by atoms with E-state index < -0.39 is 5.97 Å². The fourth-order valence-electron chi connectivity index (χ4n) is 2.42. The normalized spacial score (nSPS) is 11.1. The molecule has 102 valence electrons. The smallest absolute Gasteiger partial charge is 0.303 e. The third-order valence-corrected chi connectivity index (χ3v) is 3.41. The molecule has 0 saturated carbocycles. The van der Waals surface area contributed by atoms with Gasteiger partial charge in [0.2, 0.25) is 0 Å². The largest absolute Gasteiger partial charge is 0.481 e. The van der Waals surface area contributed by atoms with Gasteiger partial charge >= 0.3 is 5.97 Å². The molecule has 0 fully saturated rings. The van der Waals surface area contributed by atoms with E-state index in [0.717, 1.165) is 27.9 Å². The molecule has 3 aromatic rings. The molecule has 0 amide bonds. The van der Waals surface area contributed by atoms with Crippen LogP contribution in [-0.2, 0) is 18.3 Å². The summed E-state index contributed by atoms with van der Waals surface area (Å²) in [6.07, 6.45) is 2.62. The molecule has 0 atom stereocenters. The van der Waals surface area contributed by atoms with E-state index in [2.05, 4.69) is 26.9 Å². The minimum Gasteiger partial charge on any atom is -0.481 e. The van der Waals surface area contributed by atoms with Crippen molar-refractivity contribution in [1.29, 1.82) is 0 Å². The molecule has 0 unspecified atom stereocenters. The van der Waals surface area contributed by atoms with Crippen molar-refractivity contribution in [2.75, 3.05) is 0 Å². The Morgan fingerprint density at radius 1 is 1.40 bits per heavy atom. The molecule has 2 N–H and O–H groups in total. The van der Waals surface area contributed by atoms with E-state index in [1.807, 2.05) is 31.4 Å². The molecule has 2 aromatic heterocycles. The van der Waals surface area contributed by atoms with Gasteiger partial charge in [-0.05, 0) is 18.6 Å². The van der Waals surface area contributed by atoms with Crippen molar-refractivity contribution in [3.8, 4) is 11.3 Å². The first-order valence-electron chi connectivity index (χ1n) is 6.45. The quantitative estimate of drug-likeness (QED) is 0.764. The number of para-hydroxylation sites is 1. The van der Waals surface area contributed by atoms with E-state index in [-0.39, 0.29) is 6.42 Å². The van der Waals surface area contributed by atoms with Gasteiger partial charge < -0.3 is 9.67 Å². The Hall–Kier alpha value is -2.56. The summed E-state index contributed by atoms with van der Waals surface area (Å²) in [4.78, 5) is 10.6. The van der Waals surface area contributed by atoms with Crippen LogP contribution in [0.5, 0.6) is 0 Å². The van der Waals surface area contributed by atoms with Gasteiger partial charge in [-0.15, -0.1) is 0 Å². The van der Waals surface area contributed by atoms with Crippen LogP contribution >= 0.6 is 0 Å². The molecule has 3 rings (SSSR count). The van der Waals surface area contributed by atoms with Gasteiger partial charge in [-0.1, -0.05) is 18.2 Å². The van der Waals surface area contributed by atoms with Gasteiger partial charge in [0.05, 0.1) is 12.1 Å². The summed E-state index contributed by atoms with van der Waals surface area (Å²) in [6, 6.07) is 10.1. The lowest BCUT2D eigenvalue weighted by atomic mass is 10.1. The Labute approximate surface area is 115 Å². The zero-order valence-electron chi connectivity index (χ0n) is 11.1.